The monoisotopic (exact) mass is 402 g/mol. The lowest BCUT2D eigenvalue weighted by atomic mass is 10.2. The lowest BCUT2D eigenvalue weighted by Gasteiger charge is -2.12. The fourth-order valence-corrected chi connectivity index (χ4v) is 2.99. The maximum atomic E-state index is 12.9. The van der Waals surface area contributed by atoms with E-state index in [1.165, 1.54) is 0 Å². The van der Waals surface area contributed by atoms with Crippen LogP contribution in [0.25, 0.3) is 5.69 Å². The zero-order chi connectivity index (χ0) is 20.6. The number of nitrogens with zero attached hydrogens (tertiary/aromatic N) is 3. The van der Waals surface area contributed by atoms with Gasteiger partial charge < -0.3 is 9.88 Å². The van der Waals surface area contributed by atoms with Crippen molar-refractivity contribution in [3.63, 3.8) is 0 Å². The first-order valence-corrected chi connectivity index (χ1v) is 9.04. The lowest BCUT2D eigenvalue weighted by molar-refractivity contribution is -0.138. The van der Waals surface area contributed by atoms with E-state index in [0.717, 1.165) is 34.9 Å². The molecule has 0 saturated heterocycles. The Morgan fingerprint density at radius 1 is 1.14 bits per heavy atom. The summed E-state index contributed by atoms with van der Waals surface area (Å²) in [4.78, 5) is 24.4. The van der Waals surface area contributed by atoms with Gasteiger partial charge in [0, 0.05) is 24.2 Å². The number of anilines is 1. The summed E-state index contributed by atoms with van der Waals surface area (Å²) in [5.74, 6) is 0.135. The average Bonchev–Trinajstić information content (AvgIpc) is 3.44. The minimum atomic E-state index is -4.60. The zero-order valence-electron chi connectivity index (χ0n) is 15.2. The SMILES string of the molecule is O=C(Cn1cc(C(F)(F)F)ccc1=O)Nc1cc(C2CC2)nn1-c1ccccc1. The molecule has 1 fully saturated rings. The van der Waals surface area contributed by atoms with Gasteiger partial charge in [-0.25, -0.2) is 4.68 Å². The minimum Gasteiger partial charge on any atom is -0.309 e. The number of carbonyl (C=O) groups is 1. The summed E-state index contributed by atoms with van der Waals surface area (Å²) in [7, 11) is 0. The van der Waals surface area contributed by atoms with E-state index in [2.05, 4.69) is 10.4 Å². The van der Waals surface area contributed by atoms with Crippen LogP contribution >= 0.6 is 0 Å². The van der Waals surface area contributed by atoms with Crippen molar-refractivity contribution in [2.45, 2.75) is 31.5 Å². The molecule has 2 aromatic heterocycles. The van der Waals surface area contributed by atoms with Crippen molar-refractivity contribution in [2.24, 2.45) is 0 Å². The highest BCUT2D eigenvalue weighted by molar-refractivity contribution is 5.90. The van der Waals surface area contributed by atoms with E-state index < -0.39 is 29.8 Å². The first-order chi connectivity index (χ1) is 13.8. The van der Waals surface area contributed by atoms with Crippen molar-refractivity contribution in [3.05, 3.63) is 76.3 Å². The van der Waals surface area contributed by atoms with Gasteiger partial charge in [-0.2, -0.15) is 18.3 Å². The van der Waals surface area contributed by atoms with Crippen molar-refractivity contribution in [1.82, 2.24) is 14.3 Å². The van der Waals surface area contributed by atoms with Crippen LogP contribution in [0.15, 0.2) is 59.5 Å². The summed E-state index contributed by atoms with van der Waals surface area (Å²) < 4.78 is 41.0. The molecule has 1 amide bonds. The minimum absolute atomic E-state index is 0.349. The van der Waals surface area contributed by atoms with Crippen molar-refractivity contribution >= 4 is 11.7 Å². The molecule has 150 valence electrons. The molecule has 6 nitrogen and oxygen atoms in total. The fraction of sp³-hybridized carbons (Fsp3) is 0.250. The molecule has 0 radical (unpaired) electrons. The molecule has 2 heterocycles. The fourth-order valence-electron chi connectivity index (χ4n) is 2.99. The first-order valence-electron chi connectivity index (χ1n) is 9.04. The smallest absolute Gasteiger partial charge is 0.309 e. The van der Waals surface area contributed by atoms with Gasteiger partial charge in [-0.1, -0.05) is 18.2 Å². The second kappa shape index (κ2) is 7.23. The third-order valence-electron chi connectivity index (χ3n) is 4.62. The van der Waals surface area contributed by atoms with Crippen LogP contribution in [0.3, 0.4) is 0 Å². The number of rotatable bonds is 5. The van der Waals surface area contributed by atoms with Crippen LogP contribution in [0.4, 0.5) is 19.0 Å². The first kappa shape index (κ1) is 19.0. The molecular weight excluding hydrogens is 385 g/mol. The number of pyridine rings is 1. The van der Waals surface area contributed by atoms with Gasteiger partial charge in [0.05, 0.1) is 16.9 Å². The topological polar surface area (TPSA) is 68.9 Å². The number of alkyl halides is 3. The number of para-hydroxylation sites is 1. The highest BCUT2D eigenvalue weighted by Crippen LogP contribution is 2.40. The van der Waals surface area contributed by atoms with Crippen LogP contribution in [-0.4, -0.2) is 20.3 Å². The quantitative estimate of drug-likeness (QED) is 0.710. The summed E-state index contributed by atoms with van der Waals surface area (Å²) in [6, 6.07) is 12.4. The Morgan fingerprint density at radius 3 is 2.52 bits per heavy atom. The van der Waals surface area contributed by atoms with Crippen LogP contribution in [0.2, 0.25) is 0 Å². The van der Waals surface area contributed by atoms with Crippen molar-refractivity contribution in [2.75, 3.05) is 5.32 Å². The molecule has 0 unspecified atom stereocenters. The Kier molecular flexibility index (Phi) is 4.73. The van der Waals surface area contributed by atoms with Crippen molar-refractivity contribution in [3.8, 4) is 5.69 Å². The van der Waals surface area contributed by atoms with Crippen molar-refractivity contribution < 1.29 is 18.0 Å². The molecule has 1 saturated carbocycles. The third-order valence-corrected chi connectivity index (χ3v) is 4.62. The van der Waals surface area contributed by atoms with Gasteiger partial charge in [0.15, 0.2) is 0 Å². The molecule has 0 aliphatic heterocycles. The number of carbonyl (C=O) groups excluding carboxylic acids is 1. The molecule has 1 aliphatic carbocycles. The van der Waals surface area contributed by atoms with Crippen LogP contribution in [0, 0.1) is 0 Å². The molecule has 1 N–H and O–H groups in total. The van der Waals surface area contributed by atoms with Gasteiger partial charge in [0.1, 0.15) is 12.4 Å². The number of amides is 1. The van der Waals surface area contributed by atoms with Crippen LogP contribution in [0.1, 0.15) is 30.0 Å². The lowest BCUT2D eigenvalue weighted by Crippen LogP contribution is -2.28. The van der Waals surface area contributed by atoms with E-state index in [1.807, 2.05) is 30.3 Å². The second-order valence-corrected chi connectivity index (χ2v) is 6.91. The molecule has 3 aromatic rings. The van der Waals surface area contributed by atoms with Gasteiger partial charge in [-0.05, 0) is 31.0 Å². The Hall–Kier alpha value is -3.36. The molecule has 9 heteroatoms. The van der Waals surface area contributed by atoms with Crippen LogP contribution in [0.5, 0.6) is 0 Å². The molecule has 4 rings (SSSR count). The number of benzene rings is 1. The predicted molar refractivity (Wildman–Crippen MR) is 99.9 cm³/mol. The Labute approximate surface area is 163 Å². The number of aromatic nitrogens is 3. The molecule has 1 aromatic carbocycles. The number of halogens is 3. The average molecular weight is 402 g/mol. The summed E-state index contributed by atoms with van der Waals surface area (Å²) >= 11 is 0. The van der Waals surface area contributed by atoms with Crippen molar-refractivity contribution in [1.29, 1.82) is 0 Å². The predicted octanol–water partition coefficient (Wildman–Crippen LogP) is 3.57. The molecule has 1 aliphatic rings. The number of nitrogens with one attached hydrogen (secondary N) is 1. The molecular formula is C20H17F3N4O2. The zero-order valence-corrected chi connectivity index (χ0v) is 15.2. The largest absolute Gasteiger partial charge is 0.417 e. The molecule has 0 atom stereocenters. The number of hydrogen-bond acceptors (Lipinski definition) is 3. The van der Waals surface area contributed by atoms with Gasteiger partial charge in [-0.3, -0.25) is 9.59 Å². The summed E-state index contributed by atoms with van der Waals surface area (Å²) in [5.41, 5.74) is -0.0926. The number of hydrogen-bond donors (Lipinski definition) is 1. The van der Waals surface area contributed by atoms with E-state index in [1.54, 1.807) is 10.7 Å². The maximum absolute atomic E-state index is 12.9. The molecule has 0 spiro atoms. The Bertz CT molecular complexity index is 1100. The molecule has 0 bridgehead atoms. The van der Waals surface area contributed by atoms with Crippen LogP contribution in [-0.2, 0) is 17.5 Å². The Balaban J connectivity index is 1.59. The molecule has 29 heavy (non-hydrogen) atoms. The van der Waals surface area contributed by atoms with Gasteiger partial charge in [-0.15, -0.1) is 0 Å². The van der Waals surface area contributed by atoms with Crippen LogP contribution < -0.4 is 10.9 Å². The third kappa shape index (κ3) is 4.23. The Morgan fingerprint density at radius 2 is 1.86 bits per heavy atom. The van der Waals surface area contributed by atoms with Gasteiger partial charge in [0.25, 0.3) is 5.56 Å². The summed E-state index contributed by atoms with van der Waals surface area (Å²) in [5, 5.41) is 7.22. The van der Waals surface area contributed by atoms with E-state index in [0.29, 0.717) is 24.0 Å². The summed E-state index contributed by atoms with van der Waals surface area (Å²) in [6.45, 7) is -0.540. The second-order valence-electron chi connectivity index (χ2n) is 6.91. The highest BCUT2D eigenvalue weighted by atomic mass is 19.4. The summed E-state index contributed by atoms with van der Waals surface area (Å²) in [6.07, 6.45) is -1.90. The maximum Gasteiger partial charge on any atom is 0.417 e. The standard InChI is InChI=1S/C20H17F3N4O2/c21-20(22,23)14-8-9-19(29)26(11-14)12-18(28)24-17-10-16(13-6-7-13)25-27(17)15-4-2-1-3-5-15/h1-5,8-11,13H,6-7,12H2,(H,24,28). The van der Waals surface area contributed by atoms with E-state index in [-0.39, 0.29) is 0 Å². The normalized spacial score (nSPS) is 14.0. The van der Waals surface area contributed by atoms with E-state index in [9.17, 15) is 22.8 Å². The highest BCUT2D eigenvalue weighted by Gasteiger charge is 2.31. The van der Waals surface area contributed by atoms with E-state index >= 15 is 0 Å². The van der Waals surface area contributed by atoms with Gasteiger partial charge in [0.2, 0.25) is 5.91 Å². The van der Waals surface area contributed by atoms with E-state index in [4.69, 9.17) is 0 Å². The van der Waals surface area contributed by atoms with Gasteiger partial charge >= 0.3 is 6.18 Å².